The maximum Gasteiger partial charge on any atom is 0.337 e. The third kappa shape index (κ3) is 2.59. The number of hydrogen-bond acceptors (Lipinski definition) is 4. The van der Waals surface area contributed by atoms with Gasteiger partial charge in [-0.2, -0.15) is 0 Å². The first-order valence-electron chi connectivity index (χ1n) is 5.41. The molecule has 5 nitrogen and oxygen atoms in total. The van der Waals surface area contributed by atoms with Crippen molar-refractivity contribution >= 4 is 39.7 Å². The third-order valence-corrected chi connectivity index (χ3v) is 4.37. The van der Waals surface area contributed by atoms with Gasteiger partial charge in [-0.25, -0.2) is 4.79 Å². The summed E-state index contributed by atoms with van der Waals surface area (Å²) >= 11 is 6.09. The molecule has 1 heterocycles. The van der Waals surface area contributed by atoms with Crippen molar-refractivity contribution in [3.05, 3.63) is 22.7 Å². The van der Waals surface area contributed by atoms with E-state index in [0.29, 0.717) is 41.0 Å². The van der Waals surface area contributed by atoms with Crippen LogP contribution in [0.4, 0.5) is 11.4 Å². The number of carboxylic acid groups (broad SMARTS) is 1. The zero-order valence-electron chi connectivity index (χ0n) is 9.56. The number of aromatic carboxylic acids is 1. The van der Waals surface area contributed by atoms with E-state index in [1.54, 1.807) is 0 Å². The predicted octanol–water partition coefficient (Wildman–Crippen LogP) is 1.19. The van der Waals surface area contributed by atoms with E-state index in [-0.39, 0.29) is 5.56 Å². The quantitative estimate of drug-likeness (QED) is 0.799. The lowest BCUT2D eigenvalue weighted by molar-refractivity contribution is 0.0697. The number of carboxylic acids is 1. The molecule has 0 radical (unpaired) electrons. The lowest BCUT2D eigenvalue weighted by Crippen LogP contribution is -2.38. The van der Waals surface area contributed by atoms with Crippen molar-refractivity contribution in [2.45, 2.75) is 0 Å². The van der Waals surface area contributed by atoms with Crippen LogP contribution in [0.1, 0.15) is 10.4 Å². The van der Waals surface area contributed by atoms with Crippen LogP contribution in [0.5, 0.6) is 0 Å². The van der Waals surface area contributed by atoms with Crippen LogP contribution < -0.4 is 10.6 Å². The summed E-state index contributed by atoms with van der Waals surface area (Å²) in [6.45, 7) is 1.08. The van der Waals surface area contributed by atoms with Gasteiger partial charge in [-0.3, -0.25) is 4.21 Å². The summed E-state index contributed by atoms with van der Waals surface area (Å²) in [6, 6.07) is 2.93. The first-order chi connectivity index (χ1) is 8.49. The van der Waals surface area contributed by atoms with Crippen molar-refractivity contribution in [1.82, 2.24) is 0 Å². The van der Waals surface area contributed by atoms with E-state index in [9.17, 15) is 14.1 Å². The maximum absolute atomic E-state index is 11.3. The van der Waals surface area contributed by atoms with Gasteiger partial charge >= 0.3 is 5.97 Å². The molecule has 0 saturated carbocycles. The summed E-state index contributed by atoms with van der Waals surface area (Å²) in [5, 5.41) is 9.52. The van der Waals surface area contributed by atoms with E-state index in [4.69, 9.17) is 17.3 Å². The largest absolute Gasteiger partial charge is 0.478 e. The summed E-state index contributed by atoms with van der Waals surface area (Å²) < 4.78 is 11.3. The number of nitrogen functional groups attached to an aromatic ring is 1. The summed E-state index contributed by atoms with van der Waals surface area (Å²) in [5.74, 6) is -0.00890. The van der Waals surface area contributed by atoms with Crippen LogP contribution in [0.3, 0.4) is 0 Å². The molecule has 0 atom stereocenters. The molecule has 0 spiro atoms. The Morgan fingerprint density at radius 2 is 2.00 bits per heavy atom. The molecule has 1 aliphatic rings. The molecule has 1 aromatic rings. The Labute approximate surface area is 112 Å². The fraction of sp³-hybridized carbons (Fsp3) is 0.364. The van der Waals surface area contributed by atoms with Gasteiger partial charge in [-0.05, 0) is 12.1 Å². The first-order valence-corrected chi connectivity index (χ1v) is 7.28. The van der Waals surface area contributed by atoms with Crippen LogP contribution in [-0.4, -0.2) is 39.9 Å². The van der Waals surface area contributed by atoms with Gasteiger partial charge in [0, 0.05) is 41.1 Å². The normalized spacial score (nSPS) is 16.8. The van der Waals surface area contributed by atoms with Crippen molar-refractivity contribution in [1.29, 1.82) is 0 Å². The minimum absolute atomic E-state index is 0.0904. The molecule has 0 bridgehead atoms. The van der Waals surface area contributed by atoms with Gasteiger partial charge in [-0.1, -0.05) is 11.6 Å². The third-order valence-electron chi connectivity index (χ3n) is 2.81. The second-order valence-electron chi connectivity index (χ2n) is 4.04. The molecule has 3 N–H and O–H groups in total. The van der Waals surface area contributed by atoms with Gasteiger partial charge in [0.1, 0.15) is 0 Å². The Balaban J connectivity index is 2.42. The Hall–Kier alpha value is -1.27. The van der Waals surface area contributed by atoms with Crippen LogP contribution in [0.2, 0.25) is 5.02 Å². The van der Waals surface area contributed by atoms with Gasteiger partial charge in [0.2, 0.25) is 0 Å². The number of nitrogens with zero attached hydrogens (tertiary/aromatic N) is 1. The number of nitrogens with two attached hydrogens (primary N) is 1. The molecule has 7 heteroatoms. The molecular weight excluding hydrogens is 276 g/mol. The van der Waals surface area contributed by atoms with Gasteiger partial charge in [0.05, 0.1) is 16.3 Å². The highest BCUT2D eigenvalue weighted by atomic mass is 35.5. The fourth-order valence-corrected chi connectivity index (χ4v) is 3.37. The molecular formula is C11H13ClN2O3S. The van der Waals surface area contributed by atoms with Crippen molar-refractivity contribution in [3.63, 3.8) is 0 Å². The number of anilines is 2. The van der Waals surface area contributed by atoms with Gasteiger partial charge in [0.25, 0.3) is 0 Å². The lowest BCUT2D eigenvalue weighted by atomic mass is 10.1. The zero-order chi connectivity index (χ0) is 13.3. The number of benzene rings is 1. The number of carbonyl (C=O) groups is 1. The Morgan fingerprint density at radius 1 is 1.39 bits per heavy atom. The molecule has 0 aliphatic carbocycles. The SMILES string of the molecule is Nc1cc(Cl)c(N2CCS(=O)CC2)c(C(=O)O)c1. The summed E-state index contributed by atoms with van der Waals surface area (Å²) in [7, 11) is -0.820. The molecule has 18 heavy (non-hydrogen) atoms. The first kappa shape index (κ1) is 13.2. The average molecular weight is 289 g/mol. The summed E-state index contributed by atoms with van der Waals surface area (Å²) in [5.41, 5.74) is 6.48. The van der Waals surface area contributed by atoms with E-state index in [1.807, 2.05) is 4.90 Å². The summed E-state index contributed by atoms with van der Waals surface area (Å²) in [4.78, 5) is 13.1. The van der Waals surface area contributed by atoms with Crippen LogP contribution in [-0.2, 0) is 10.8 Å². The maximum atomic E-state index is 11.3. The second-order valence-corrected chi connectivity index (χ2v) is 6.14. The predicted molar refractivity (Wildman–Crippen MR) is 72.9 cm³/mol. The fourth-order valence-electron chi connectivity index (χ4n) is 1.97. The Kier molecular flexibility index (Phi) is 3.77. The molecule has 0 aromatic heterocycles. The molecule has 1 aliphatic heterocycles. The number of halogens is 1. The van der Waals surface area contributed by atoms with E-state index in [2.05, 4.69) is 0 Å². The van der Waals surface area contributed by atoms with Crippen molar-refractivity contribution < 1.29 is 14.1 Å². The Bertz CT molecular complexity index is 511. The smallest absolute Gasteiger partial charge is 0.337 e. The lowest BCUT2D eigenvalue weighted by Gasteiger charge is -2.30. The van der Waals surface area contributed by atoms with Crippen molar-refractivity contribution in [2.75, 3.05) is 35.2 Å². The highest BCUT2D eigenvalue weighted by Crippen LogP contribution is 2.33. The van der Waals surface area contributed by atoms with E-state index < -0.39 is 16.8 Å². The minimum atomic E-state index is -1.06. The van der Waals surface area contributed by atoms with E-state index >= 15 is 0 Å². The van der Waals surface area contributed by atoms with Crippen LogP contribution in [0.25, 0.3) is 0 Å². The number of hydrogen-bond donors (Lipinski definition) is 2. The molecule has 0 amide bonds. The standard InChI is InChI=1S/C11H13ClN2O3S/c12-9-6-7(13)5-8(11(15)16)10(9)14-1-3-18(17)4-2-14/h5-6H,1-4,13H2,(H,15,16). The monoisotopic (exact) mass is 288 g/mol. The van der Waals surface area contributed by atoms with E-state index in [1.165, 1.54) is 12.1 Å². The molecule has 1 fully saturated rings. The molecule has 0 unspecified atom stereocenters. The van der Waals surface area contributed by atoms with Crippen molar-refractivity contribution in [3.8, 4) is 0 Å². The van der Waals surface area contributed by atoms with Crippen LogP contribution in [0.15, 0.2) is 12.1 Å². The average Bonchev–Trinajstić information content (AvgIpc) is 2.29. The molecule has 98 valence electrons. The number of rotatable bonds is 2. The van der Waals surface area contributed by atoms with Gasteiger partial charge < -0.3 is 15.7 Å². The highest BCUT2D eigenvalue weighted by Gasteiger charge is 2.23. The topological polar surface area (TPSA) is 83.6 Å². The van der Waals surface area contributed by atoms with Crippen LogP contribution >= 0.6 is 11.6 Å². The Morgan fingerprint density at radius 3 is 2.56 bits per heavy atom. The van der Waals surface area contributed by atoms with E-state index in [0.717, 1.165) is 0 Å². The minimum Gasteiger partial charge on any atom is -0.478 e. The summed E-state index contributed by atoms with van der Waals surface area (Å²) in [6.07, 6.45) is 0. The molecule has 1 aromatic carbocycles. The zero-order valence-corrected chi connectivity index (χ0v) is 11.1. The van der Waals surface area contributed by atoms with Crippen molar-refractivity contribution in [2.24, 2.45) is 0 Å². The highest BCUT2D eigenvalue weighted by molar-refractivity contribution is 7.85. The van der Waals surface area contributed by atoms with Crippen LogP contribution in [0, 0.1) is 0 Å². The molecule has 1 saturated heterocycles. The second kappa shape index (κ2) is 5.16. The van der Waals surface area contributed by atoms with Gasteiger partial charge in [-0.15, -0.1) is 0 Å². The molecule has 2 rings (SSSR count). The van der Waals surface area contributed by atoms with Gasteiger partial charge in [0.15, 0.2) is 0 Å².